The minimum Gasteiger partial charge on any atom is -0.382 e. The van der Waals surface area contributed by atoms with Crippen LogP contribution in [0.25, 0.3) is 0 Å². The molecule has 0 aliphatic heterocycles. The average molecular weight is 333 g/mol. The van der Waals surface area contributed by atoms with Gasteiger partial charge in [0.1, 0.15) is 17.5 Å². The zero-order valence-electron chi connectivity index (χ0n) is 12.5. The molecule has 22 heavy (non-hydrogen) atoms. The third-order valence-corrected chi connectivity index (χ3v) is 4.46. The zero-order valence-corrected chi connectivity index (χ0v) is 14.1. The Kier molecular flexibility index (Phi) is 5.64. The number of nitrogens with zero attached hydrogens (tertiary/aromatic N) is 3. The summed E-state index contributed by atoms with van der Waals surface area (Å²) in [4.78, 5) is 8.73. The summed E-state index contributed by atoms with van der Waals surface area (Å²) < 4.78 is 0. The second-order valence-corrected chi connectivity index (χ2v) is 6.76. The molecule has 1 aromatic heterocycles. The van der Waals surface area contributed by atoms with Crippen LogP contribution in [0.5, 0.6) is 0 Å². The van der Waals surface area contributed by atoms with Crippen molar-refractivity contribution in [1.82, 2.24) is 9.97 Å². The Bertz CT molecular complexity index is 693. The highest BCUT2D eigenvalue weighted by molar-refractivity contribution is 7.99. The first-order valence-corrected chi connectivity index (χ1v) is 8.29. The summed E-state index contributed by atoms with van der Waals surface area (Å²) in [7, 11) is 0. The number of benzene rings is 1. The first kappa shape index (κ1) is 16.6. The minimum absolute atomic E-state index is 0.243. The van der Waals surface area contributed by atoms with Gasteiger partial charge in [-0.05, 0) is 23.6 Å². The summed E-state index contributed by atoms with van der Waals surface area (Å²) in [5, 5.41) is 10.6. The molecule has 1 heterocycles. The van der Waals surface area contributed by atoms with Crippen molar-refractivity contribution < 1.29 is 0 Å². The Labute approximate surface area is 139 Å². The topological polar surface area (TPSA) is 75.6 Å². The fourth-order valence-corrected chi connectivity index (χ4v) is 2.80. The van der Waals surface area contributed by atoms with Crippen molar-refractivity contribution in [1.29, 1.82) is 5.26 Å². The molecule has 0 saturated carbocycles. The van der Waals surface area contributed by atoms with Crippen molar-refractivity contribution >= 4 is 29.2 Å². The van der Waals surface area contributed by atoms with Crippen LogP contribution in [-0.2, 0) is 6.42 Å². The number of nitrogen functional groups attached to an aromatic ring is 1. The number of rotatable bonds is 5. The third kappa shape index (κ3) is 4.36. The van der Waals surface area contributed by atoms with Gasteiger partial charge in [0, 0.05) is 17.2 Å². The van der Waals surface area contributed by atoms with E-state index in [4.69, 9.17) is 17.3 Å². The van der Waals surface area contributed by atoms with Crippen LogP contribution in [0.1, 0.15) is 30.7 Å². The van der Waals surface area contributed by atoms with Gasteiger partial charge in [0.25, 0.3) is 0 Å². The lowest BCUT2D eigenvalue weighted by Gasteiger charge is -2.09. The van der Waals surface area contributed by atoms with Crippen molar-refractivity contribution in [3.05, 3.63) is 46.1 Å². The fraction of sp³-hybridized carbons (Fsp3) is 0.312. The molecule has 6 heteroatoms. The molecule has 2 aromatic rings. The van der Waals surface area contributed by atoms with Crippen LogP contribution in [0, 0.1) is 17.2 Å². The number of thioether (sulfide) groups is 1. The molecule has 0 aliphatic rings. The highest BCUT2D eigenvalue weighted by Crippen LogP contribution is 2.23. The molecule has 0 saturated heterocycles. The van der Waals surface area contributed by atoms with Gasteiger partial charge in [-0.1, -0.05) is 49.3 Å². The van der Waals surface area contributed by atoms with Crippen molar-refractivity contribution in [2.24, 2.45) is 5.92 Å². The summed E-state index contributed by atoms with van der Waals surface area (Å²) >= 11 is 7.45. The van der Waals surface area contributed by atoms with E-state index in [1.54, 1.807) is 11.8 Å². The van der Waals surface area contributed by atoms with E-state index in [0.29, 0.717) is 33.8 Å². The van der Waals surface area contributed by atoms with Gasteiger partial charge in [-0.25, -0.2) is 9.97 Å². The maximum absolute atomic E-state index is 9.29. The molecule has 0 bridgehead atoms. The zero-order chi connectivity index (χ0) is 16.1. The molecule has 1 aromatic carbocycles. The Morgan fingerprint density at radius 2 is 1.95 bits per heavy atom. The van der Waals surface area contributed by atoms with Crippen LogP contribution in [0.2, 0.25) is 5.02 Å². The van der Waals surface area contributed by atoms with Crippen LogP contribution in [-0.4, -0.2) is 15.7 Å². The second kappa shape index (κ2) is 7.48. The molecule has 0 aliphatic carbocycles. The van der Waals surface area contributed by atoms with E-state index in [1.807, 2.05) is 24.3 Å². The number of halogens is 1. The number of anilines is 1. The van der Waals surface area contributed by atoms with Gasteiger partial charge in [0.2, 0.25) is 0 Å². The van der Waals surface area contributed by atoms with E-state index in [0.717, 1.165) is 11.3 Å². The summed E-state index contributed by atoms with van der Waals surface area (Å²) in [6.45, 7) is 4.27. The van der Waals surface area contributed by atoms with Crippen LogP contribution in [0.15, 0.2) is 29.4 Å². The molecule has 0 unspecified atom stereocenters. The van der Waals surface area contributed by atoms with Gasteiger partial charge in [0.05, 0.1) is 5.69 Å². The largest absolute Gasteiger partial charge is 0.382 e. The molecule has 0 spiro atoms. The maximum Gasteiger partial charge on any atom is 0.189 e. The van der Waals surface area contributed by atoms with Crippen molar-refractivity contribution in [2.45, 2.75) is 25.4 Å². The predicted octanol–water partition coefficient (Wildman–Crippen LogP) is 3.92. The maximum atomic E-state index is 9.29. The Hall–Kier alpha value is -1.77. The minimum atomic E-state index is 0.243. The molecule has 0 fully saturated rings. The van der Waals surface area contributed by atoms with Crippen LogP contribution < -0.4 is 5.73 Å². The smallest absolute Gasteiger partial charge is 0.189 e. The van der Waals surface area contributed by atoms with Gasteiger partial charge >= 0.3 is 0 Å². The lowest BCUT2D eigenvalue weighted by atomic mass is 10.1. The highest BCUT2D eigenvalue weighted by atomic mass is 35.5. The van der Waals surface area contributed by atoms with E-state index in [-0.39, 0.29) is 5.82 Å². The number of aromatic nitrogens is 2. The molecular weight excluding hydrogens is 316 g/mol. The lowest BCUT2D eigenvalue weighted by molar-refractivity contribution is 0.747. The average Bonchev–Trinajstić information content (AvgIpc) is 2.47. The molecule has 2 N–H and O–H groups in total. The fourth-order valence-electron chi connectivity index (χ4n) is 1.85. The predicted molar refractivity (Wildman–Crippen MR) is 91.0 cm³/mol. The molecule has 0 radical (unpaired) electrons. The van der Waals surface area contributed by atoms with E-state index < -0.39 is 0 Å². The molecule has 0 amide bonds. The number of hydrogen-bond donors (Lipinski definition) is 1. The Morgan fingerprint density at radius 3 is 2.55 bits per heavy atom. The van der Waals surface area contributed by atoms with Gasteiger partial charge in [-0.3, -0.25) is 0 Å². The quantitative estimate of drug-likeness (QED) is 0.663. The van der Waals surface area contributed by atoms with E-state index in [2.05, 4.69) is 29.9 Å². The molecule has 114 valence electrons. The summed E-state index contributed by atoms with van der Waals surface area (Å²) in [6, 6.07) is 9.58. The van der Waals surface area contributed by atoms with Crippen molar-refractivity contribution in [3.8, 4) is 6.07 Å². The first-order chi connectivity index (χ1) is 10.5. The van der Waals surface area contributed by atoms with Crippen molar-refractivity contribution in [2.75, 3.05) is 11.5 Å². The van der Waals surface area contributed by atoms with Crippen molar-refractivity contribution in [3.63, 3.8) is 0 Å². The van der Waals surface area contributed by atoms with Gasteiger partial charge in [-0.15, -0.1) is 0 Å². The van der Waals surface area contributed by atoms with Gasteiger partial charge in [0.15, 0.2) is 5.16 Å². The Morgan fingerprint density at radius 1 is 1.27 bits per heavy atom. The molecule has 2 rings (SSSR count). The van der Waals surface area contributed by atoms with Crippen LogP contribution >= 0.6 is 23.4 Å². The van der Waals surface area contributed by atoms with Crippen LogP contribution in [0.4, 0.5) is 5.82 Å². The Balaban J connectivity index is 2.31. The van der Waals surface area contributed by atoms with E-state index >= 15 is 0 Å². The SMILES string of the molecule is CC(C)CSc1nc(N)c(C#N)c(Cc2ccc(Cl)cc2)n1. The molecule has 0 atom stereocenters. The van der Waals surface area contributed by atoms with Gasteiger partial charge < -0.3 is 5.73 Å². The van der Waals surface area contributed by atoms with Crippen LogP contribution in [0.3, 0.4) is 0 Å². The highest BCUT2D eigenvalue weighted by Gasteiger charge is 2.13. The first-order valence-electron chi connectivity index (χ1n) is 6.93. The summed E-state index contributed by atoms with van der Waals surface area (Å²) in [5.74, 6) is 1.68. The van der Waals surface area contributed by atoms with Gasteiger partial charge in [-0.2, -0.15) is 5.26 Å². The van der Waals surface area contributed by atoms with E-state index in [1.165, 1.54) is 0 Å². The second-order valence-electron chi connectivity index (χ2n) is 5.33. The summed E-state index contributed by atoms with van der Waals surface area (Å²) in [6.07, 6.45) is 0.530. The normalized spacial score (nSPS) is 10.7. The molecular formula is C16H17ClN4S. The summed E-state index contributed by atoms with van der Waals surface area (Å²) in [5.41, 5.74) is 7.94. The number of nitriles is 1. The third-order valence-electron chi connectivity index (χ3n) is 2.93. The van der Waals surface area contributed by atoms with E-state index in [9.17, 15) is 5.26 Å². The lowest BCUT2D eigenvalue weighted by Crippen LogP contribution is -2.06. The standard InChI is InChI=1S/C16H17ClN4S/c1-10(2)9-22-16-20-14(13(8-18)15(19)21-16)7-11-3-5-12(17)6-4-11/h3-6,10H,7,9H2,1-2H3,(H2,19,20,21). The number of nitrogens with two attached hydrogens (primary N) is 1. The number of hydrogen-bond acceptors (Lipinski definition) is 5. The molecule has 4 nitrogen and oxygen atoms in total. The monoisotopic (exact) mass is 332 g/mol.